The number of amides is 1. The smallest absolute Gasteiger partial charge is 0.226 e. The first-order valence-corrected chi connectivity index (χ1v) is 7.65. The van der Waals surface area contributed by atoms with E-state index in [2.05, 4.69) is 0 Å². The number of nitrogens with zero attached hydrogens (tertiary/aromatic N) is 1. The van der Waals surface area contributed by atoms with Gasteiger partial charge in [-0.05, 0) is 42.3 Å². The molecule has 2 aromatic carbocycles. The van der Waals surface area contributed by atoms with E-state index < -0.39 is 0 Å². The number of methoxy groups -OCH3 is 1. The van der Waals surface area contributed by atoms with Crippen LogP contribution in [-0.2, 0) is 11.2 Å². The summed E-state index contributed by atoms with van der Waals surface area (Å²) in [5, 5.41) is 0. The molecule has 1 amide bonds. The number of aryl methyl sites for hydroxylation is 1. The van der Waals surface area contributed by atoms with E-state index in [9.17, 15) is 4.79 Å². The van der Waals surface area contributed by atoms with Gasteiger partial charge in [-0.15, -0.1) is 0 Å². The molecule has 0 spiro atoms. The average Bonchev–Trinajstić information content (AvgIpc) is 2.55. The minimum absolute atomic E-state index is 0.0722. The first kappa shape index (κ1) is 16.9. The van der Waals surface area contributed by atoms with Gasteiger partial charge in [0.1, 0.15) is 18.1 Å². The third kappa shape index (κ3) is 5.33. The minimum atomic E-state index is 0.0722. The third-order valence-corrected chi connectivity index (χ3v) is 3.63. The molecule has 0 bridgehead atoms. The lowest BCUT2D eigenvalue weighted by Crippen LogP contribution is -2.32. The van der Waals surface area contributed by atoms with Crippen LogP contribution in [0.15, 0.2) is 48.5 Å². The van der Waals surface area contributed by atoms with Crippen molar-refractivity contribution in [2.24, 2.45) is 0 Å². The second-order valence-electron chi connectivity index (χ2n) is 5.51. The molecule has 0 heterocycles. The van der Waals surface area contributed by atoms with Crippen LogP contribution in [0.1, 0.15) is 11.1 Å². The number of likely N-dealkylation sites (N-methyl/N-ethyl adjacent to an activating group) is 1. The highest BCUT2D eigenvalue weighted by Gasteiger charge is 2.10. The number of ether oxygens (including phenoxy) is 2. The van der Waals surface area contributed by atoms with Crippen molar-refractivity contribution in [3.05, 3.63) is 59.7 Å². The van der Waals surface area contributed by atoms with Crippen LogP contribution >= 0.6 is 0 Å². The first-order valence-electron chi connectivity index (χ1n) is 7.65. The van der Waals surface area contributed by atoms with Gasteiger partial charge in [0.2, 0.25) is 5.91 Å². The Balaban J connectivity index is 1.78. The van der Waals surface area contributed by atoms with Crippen molar-refractivity contribution in [2.45, 2.75) is 13.3 Å². The Labute approximate surface area is 137 Å². The maximum absolute atomic E-state index is 12.2. The van der Waals surface area contributed by atoms with Crippen molar-refractivity contribution in [1.82, 2.24) is 4.90 Å². The summed E-state index contributed by atoms with van der Waals surface area (Å²) >= 11 is 0. The molecule has 0 atom stereocenters. The van der Waals surface area contributed by atoms with Gasteiger partial charge in [0.25, 0.3) is 0 Å². The van der Waals surface area contributed by atoms with Crippen LogP contribution in [0.25, 0.3) is 0 Å². The Morgan fingerprint density at radius 2 is 1.83 bits per heavy atom. The highest BCUT2D eigenvalue weighted by atomic mass is 16.5. The Morgan fingerprint density at radius 1 is 1.09 bits per heavy atom. The lowest BCUT2D eigenvalue weighted by atomic mass is 10.1. The fraction of sp³-hybridized carbons (Fsp3) is 0.316. The number of hydrogen-bond donors (Lipinski definition) is 0. The zero-order valence-corrected chi connectivity index (χ0v) is 13.9. The van der Waals surface area contributed by atoms with Gasteiger partial charge in [-0.1, -0.05) is 24.3 Å². The zero-order valence-electron chi connectivity index (χ0n) is 13.9. The summed E-state index contributed by atoms with van der Waals surface area (Å²) < 4.78 is 10.8. The van der Waals surface area contributed by atoms with Gasteiger partial charge in [-0.2, -0.15) is 0 Å². The van der Waals surface area contributed by atoms with Crippen LogP contribution in [0.4, 0.5) is 0 Å². The molecule has 0 aliphatic carbocycles. The Morgan fingerprint density at radius 3 is 2.48 bits per heavy atom. The zero-order chi connectivity index (χ0) is 16.7. The van der Waals surface area contributed by atoms with E-state index >= 15 is 0 Å². The van der Waals surface area contributed by atoms with E-state index in [1.807, 2.05) is 55.5 Å². The van der Waals surface area contributed by atoms with Crippen LogP contribution in [-0.4, -0.2) is 38.1 Å². The van der Waals surface area contributed by atoms with Crippen molar-refractivity contribution >= 4 is 5.91 Å². The summed E-state index contributed by atoms with van der Waals surface area (Å²) in [5.41, 5.74) is 2.13. The first-order chi connectivity index (χ1) is 11.1. The average molecular weight is 313 g/mol. The quantitative estimate of drug-likeness (QED) is 0.788. The molecular formula is C19H23NO3. The van der Waals surface area contributed by atoms with Crippen molar-refractivity contribution in [3.8, 4) is 11.5 Å². The highest BCUT2D eigenvalue weighted by molar-refractivity contribution is 5.78. The molecule has 0 saturated carbocycles. The van der Waals surface area contributed by atoms with Crippen LogP contribution in [0.3, 0.4) is 0 Å². The van der Waals surface area contributed by atoms with Crippen molar-refractivity contribution in [2.75, 3.05) is 27.3 Å². The Bertz CT molecular complexity index is 637. The number of rotatable bonds is 7. The minimum Gasteiger partial charge on any atom is -0.497 e. The fourth-order valence-electron chi connectivity index (χ4n) is 2.18. The molecule has 23 heavy (non-hydrogen) atoms. The Hall–Kier alpha value is -2.49. The molecule has 0 fully saturated rings. The predicted molar refractivity (Wildman–Crippen MR) is 91.0 cm³/mol. The van der Waals surface area contributed by atoms with E-state index in [0.717, 1.165) is 22.6 Å². The fourth-order valence-corrected chi connectivity index (χ4v) is 2.18. The lowest BCUT2D eigenvalue weighted by molar-refractivity contribution is -0.129. The molecular weight excluding hydrogens is 290 g/mol. The second kappa shape index (κ2) is 8.22. The summed E-state index contributed by atoms with van der Waals surface area (Å²) in [6.07, 6.45) is 0.380. The van der Waals surface area contributed by atoms with E-state index in [1.54, 1.807) is 19.1 Å². The van der Waals surface area contributed by atoms with Crippen molar-refractivity contribution < 1.29 is 14.3 Å². The summed E-state index contributed by atoms with van der Waals surface area (Å²) in [6.45, 7) is 3.06. The van der Waals surface area contributed by atoms with E-state index in [0.29, 0.717) is 19.6 Å². The maximum Gasteiger partial charge on any atom is 0.226 e. The molecule has 0 aliphatic rings. The lowest BCUT2D eigenvalue weighted by Gasteiger charge is -2.17. The van der Waals surface area contributed by atoms with Crippen LogP contribution in [0, 0.1) is 6.92 Å². The normalized spacial score (nSPS) is 10.2. The van der Waals surface area contributed by atoms with Gasteiger partial charge in [-0.25, -0.2) is 0 Å². The predicted octanol–water partition coefficient (Wildman–Crippen LogP) is 3.08. The van der Waals surface area contributed by atoms with Gasteiger partial charge < -0.3 is 14.4 Å². The number of carbonyl (C=O) groups excluding carboxylic acids is 1. The van der Waals surface area contributed by atoms with Gasteiger partial charge in [0.05, 0.1) is 20.1 Å². The highest BCUT2D eigenvalue weighted by Crippen LogP contribution is 2.13. The monoisotopic (exact) mass is 313 g/mol. The topological polar surface area (TPSA) is 38.8 Å². The van der Waals surface area contributed by atoms with Crippen LogP contribution in [0.2, 0.25) is 0 Å². The molecule has 0 N–H and O–H groups in total. The molecule has 4 heteroatoms. The van der Waals surface area contributed by atoms with Gasteiger partial charge in [0, 0.05) is 7.05 Å². The van der Waals surface area contributed by atoms with Gasteiger partial charge >= 0.3 is 0 Å². The van der Waals surface area contributed by atoms with Crippen molar-refractivity contribution in [1.29, 1.82) is 0 Å². The molecule has 0 saturated heterocycles. The van der Waals surface area contributed by atoms with Crippen molar-refractivity contribution in [3.63, 3.8) is 0 Å². The standard InChI is InChI=1S/C19H23NO3/c1-15-5-4-6-18(13-15)23-12-11-20(2)19(21)14-16-7-9-17(22-3)10-8-16/h4-10,13H,11-12,14H2,1-3H3. The summed E-state index contributed by atoms with van der Waals surface area (Å²) in [5.74, 6) is 1.70. The summed E-state index contributed by atoms with van der Waals surface area (Å²) in [4.78, 5) is 13.9. The van der Waals surface area contributed by atoms with Crippen LogP contribution in [0.5, 0.6) is 11.5 Å². The molecule has 2 rings (SSSR count). The SMILES string of the molecule is COc1ccc(CC(=O)N(C)CCOc2cccc(C)c2)cc1. The number of carbonyl (C=O) groups is 1. The third-order valence-electron chi connectivity index (χ3n) is 3.63. The molecule has 0 unspecified atom stereocenters. The van der Waals surface area contributed by atoms with Gasteiger partial charge in [-0.3, -0.25) is 4.79 Å². The molecule has 0 aromatic heterocycles. The molecule has 122 valence electrons. The molecule has 0 aliphatic heterocycles. The largest absolute Gasteiger partial charge is 0.497 e. The van der Waals surface area contributed by atoms with E-state index in [-0.39, 0.29) is 5.91 Å². The second-order valence-corrected chi connectivity index (χ2v) is 5.51. The summed E-state index contributed by atoms with van der Waals surface area (Å²) in [7, 11) is 3.42. The maximum atomic E-state index is 12.2. The number of hydrogen-bond acceptors (Lipinski definition) is 3. The van der Waals surface area contributed by atoms with Crippen LogP contribution < -0.4 is 9.47 Å². The summed E-state index contributed by atoms with van der Waals surface area (Å²) in [6, 6.07) is 15.4. The van der Waals surface area contributed by atoms with Gasteiger partial charge in [0.15, 0.2) is 0 Å². The van der Waals surface area contributed by atoms with E-state index in [4.69, 9.17) is 9.47 Å². The van der Waals surface area contributed by atoms with E-state index in [1.165, 1.54) is 0 Å². The molecule has 2 aromatic rings. The molecule has 0 radical (unpaired) electrons. The number of benzene rings is 2. The molecule has 4 nitrogen and oxygen atoms in total. The Kier molecular flexibility index (Phi) is 6.03.